The summed E-state index contributed by atoms with van der Waals surface area (Å²) in [6.45, 7) is 12.4. The van der Waals surface area contributed by atoms with Crippen molar-refractivity contribution in [2.45, 2.75) is 51.3 Å². The molecule has 0 unspecified atom stereocenters. The van der Waals surface area contributed by atoms with Gasteiger partial charge >= 0.3 is 0 Å². The van der Waals surface area contributed by atoms with Crippen LogP contribution in [0.2, 0.25) is 0 Å². The lowest BCUT2D eigenvalue weighted by Crippen LogP contribution is -2.31. The molecule has 0 fully saturated rings. The zero-order chi connectivity index (χ0) is 25.7. The number of benzene rings is 2. The molecule has 188 valence electrons. The van der Waals surface area contributed by atoms with Gasteiger partial charge in [-0.25, -0.2) is 16.8 Å². The van der Waals surface area contributed by atoms with Crippen molar-refractivity contribution in [3.8, 4) is 0 Å². The van der Waals surface area contributed by atoms with E-state index in [1.165, 1.54) is 8.61 Å². The van der Waals surface area contributed by atoms with Crippen LogP contribution >= 0.6 is 12.2 Å². The van der Waals surface area contributed by atoms with Crippen molar-refractivity contribution in [3.63, 3.8) is 0 Å². The molecule has 0 aromatic heterocycles. The molecule has 0 amide bonds. The Labute approximate surface area is 209 Å². The largest absolute Gasteiger partial charge is 0.332 e. The molecule has 0 atom stereocenters. The second-order valence-electron chi connectivity index (χ2n) is 7.71. The average molecular weight is 527 g/mol. The second kappa shape index (κ2) is 11.6. The molecular formula is C23H34N4O4S3. The van der Waals surface area contributed by atoms with Crippen LogP contribution in [-0.2, 0) is 20.0 Å². The highest BCUT2D eigenvalue weighted by atomic mass is 32.2. The van der Waals surface area contributed by atoms with Crippen LogP contribution in [-0.4, -0.2) is 56.7 Å². The third-order valence-corrected chi connectivity index (χ3v) is 9.90. The van der Waals surface area contributed by atoms with Crippen LogP contribution in [0, 0.1) is 13.8 Å². The minimum absolute atomic E-state index is 0.176. The second-order valence-corrected chi connectivity index (χ2v) is 12.0. The van der Waals surface area contributed by atoms with Gasteiger partial charge in [-0.05, 0) is 61.5 Å². The van der Waals surface area contributed by atoms with Gasteiger partial charge in [0.05, 0.1) is 9.79 Å². The molecule has 11 heteroatoms. The van der Waals surface area contributed by atoms with Crippen LogP contribution in [0.25, 0.3) is 0 Å². The Morgan fingerprint density at radius 3 is 1.32 bits per heavy atom. The zero-order valence-corrected chi connectivity index (χ0v) is 23.0. The highest BCUT2D eigenvalue weighted by Crippen LogP contribution is 2.25. The standard InChI is InChI=1S/C23H34N4O4S3/c1-7-26(8-2)33(28,29)19-13-11-17(5)21(15-19)24-23(32)25-22-16-20(14-12-18(22)6)34(30,31)27(9-3)10-4/h11-16H,7-10H2,1-6H3,(H2,24,25,32). The molecule has 8 nitrogen and oxygen atoms in total. The number of anilines is 2. The minimum Gasteiger partial charge on any atom is -0.332 e. The quantitative estimate of drug-likeness (QED) is 0.448. The van der Waals surface area contributed by atoms with Crippen LogP contribution in [0.15, 0.2) is 46.2 Å². The molecule has 34 heavy (non-hydrogen) atoms. The van der Waals surface area contributed by atoms with Crippen molar-refractivity contribution < 1.29 is 16.8 Å². The summed E-state index contributed by atoms with van der Waals surface area (Å²) in [6, 6.07) is 9.73. The first-order chi connectivity index (χ1) is 15.9. The van der Waals surface area contributed by atoms with Crippen LogP contribution in [0.1, 0.15) is 38.8 Å². The van der Waals surface area contributed by atoms with Gasteiger partial charge in [-0.15, -0.1) is 0 Å². The lowest BCUT2D eigenvalue weighted by molar-refractivity contribution is 0.444. The molecule has 0 bridgehead atoms. The topological polar surface area (TPSA) is 98.8 Å². The summed E-state index contributed by atoms with van der Waals surface area (Å²) < 4.78 is 54.4. The predicted molar refractivity (Wildman–Crippen MR) is 142 cm³/mol. The maximum absolute atomic E-state index is 12.9. The summed E-state index contributed by atoms with van der Waals surface area (Å²) in [5, 5.41) is 6.33. The smallest absolute Gasteiger partial charge is 0.243 e. The Hall–Kier alpha value is -2.05. The summed E-state index contributed by atoms with van der Waals surface area (Å²) in [7, 11) is -7.24. The van der Waals surface area contributed by atoms with E-state index in [0.29, 0.717) is 37.6 Å². The average Bonchev–Trinajstić information content (AvgIpc) is 2.77. The fourth-order valence-corrected chi connectivity index (χ4v) is 6.68. The molecule has 2 N–H and O–H groups in total. The Balaban J connectivity index is 2.32. The molecule has 2 aromatic carbocycles. The first-order valence-electron chi connectivity index (χ1n) is 11.2. The van der Waals surface area contributed by atoms with Gasteiger partial charge in [-0.3, -0.25) is 0 Å². The van der Waals surface area contributed by atoms with Gasteiger partial charge in [0.2, 0.25) is 20.0 Å². The summed E-state index contributed by atoms with van der Waals surface area (Å²) in [5.41, 5.74) is 2.74. The summed E-state index contributed by atoms with van der Waals surface area (Å²) >= 11 is 5.46. The number of rotatable bonds is 10. The van der Waals surface area contributed by atoms with Gasteiger partial charge < -0.3 is 10.6 Å². The Morgan fingerprint density at radius 2 is 1.03 bits per heavy atom. The van der Waals surface area contributed by atoms with Crippen LogP contribution in [0.5, 0.6) is 0 Å². The molecule has 2 rings (SSSR count). The third-order valence-electron chi connectivity index (χ3n) is 5.60. The van der Waals surface area contributed by atoms with Gasteiger partial charge in [-0.2, -0.15) is 8.61 Å². The van der Waals surface area contributed by atoms with Gasteiger partial charge in [0.25, 0.3) is 0 Å². The van der Waals surface area contributed by atoms with E-state index in [9.17, 15) is 16.8 Å². The van der Waals surface area contributed by atoms with Gasteiger partial charge in [0.15, 0.2) is 5.11 Å². The highest BCUT2D eigenvalue weighted by molar-refractivity contribution is 7.89. The first kappa shape index (κ1) is 28.2. The Bertz CT molecular complexity index is 1140. The van der Waals surface area contributed by atoms with Crippen molar-refractivity contribution in [2.24, 2.45) is 0 Å². The summed E-state index contributed by atoms with van der Waals surface area (Å²) in [6.07, 6.45) is 0. The van der Waals surface area contributed by atoms with Gasteiger partial charge in [0.1, 0.15) is 0 Å². The lowest BCUT2D eigenvalue weighted by atomic mass is 10.2. The third kappa shape index (κ3) is 6.14. The SMILES string of the molecule is CCN(CC)S(=O)(=O)c1ccc(C)c(NC(=S)Nc2cc(S(=O)(=O)N(CC)CC)ccc2C)c1. The molecule has 0 radical (unpaired) electrons. The number of hydrogen-bond donors (Lipinski definition) is 2. The number of nitrogens with zero attached hydrogens (tertiary/aromatic N) is 2. The number of sulfonamides is 2. The number of hydrogen-bond acceptors (Lipinski definition) is 5. The molecule has 0 saturated heterocycles. The van der Waals surface area contributed by atoms with E-state index in [0.717, 1.165) is 11.1 Å². The maximum Gasteiger partial charge on any atom is 0.243 e. The molecule has 2 aromatic rings. The molecule has 0 aliphatic rings. The van der Waals surface area contributed by atoms with Crippen molar-refractivity contribution in [1.29, 1.82) is 0 Å². The molecule has 0 spiro atoms. The van der Waals surface area contributed by atoms with E-state index in [2.05, 4.69) is 10.6 Å². The molecule has 0 aliphatic heterocycles. The van der Waals surface area contributed by atoms with E-state index in [-0.39, 0.29) is 14.9 Å². The molecule has 0 heterocycles. The monoisotopic (exact) mass is 526 g/mol. The first-order valence-corrected chi connectivity index (χ1v) is 14.5. The van der Waals surface area contributed by atoms with E-state index < -0.39 is 20.0 Å². The highest BCUT2D eigenvalue weighted by Gasteiger charge is 2.24. The summed E-state index contributed by atoms with van der Waals surface area (Å²) in [4.78, 5) is 0.353. The Kier molecular flexibility index (Phi) is 9.61. The number of thiocarbonyl (C=S) groups is 1. The van der Waals surface area contributed by atoms with E-state index in [1.807, 2.05) is 13.8 Å². The van der Waals surface area contributed by atoms with E-state index in [4.69, 9.17) is 12.2 Å². The number of aryl methyl sites for hydroxylation is 2. The maximum atomic E-state index is 12.9. The Morgan fingerprint density at radius 1 is 0.706 bits per heavy atom. The normalized spacial score (nSPS) is 12.2. The molecule has 0 saturated carbocycles. The van der Waals surface area contributed by atoms with Crippen molar-refractivity contribution >= 4 is 48.8 Å². The van der Waals surface area contributed by atoms with Crippen molar-refractivity contribution in [3.05, 3.63) is 47.5 Å². The van der Waals surface area contributed by atoms with Crippen molar-refractivity contribution in [2.75, 3.05) is 36.8 Å². The van der Waals surface area contributed by atoms with Gasteiger partial charge in [-0.1, -0.05) is 39.8 Å². The fraction of sp³-hybridized carbons (Fsp3) is 0.435. The van der Waals surface area contributed by atoms with Crippen molar-refractivity contribution in [1.82, 2.24) is 8.61 Å². The number of nitrogens with one attached hydrogen (secondary N) is 2. The van der Waals surface area contributed by atoms with E-state index >= 15 is 0 Å². The zero-order valence-electron chi connectivity index (χ0n) is 20.5. The van der Waals surface area contributed by atoms with Crippen LogP contribution < -0.4 is 10.6 Å². The minimum atomic E-state index is -3.62. The molecule has 0 aliphatic carbocycles. The predicted octanol–water partition coefficient (Wildman–Crippen LogP) is 4.17. The van der Waals surface area contributed by atoms with Crippen LogP contribution in [0.3, 0.4) is 0 Å². The molecular weight excluding hydrogens is 492 g/mol. The summed E-state index contributed by atoms with van der Waals surface area (Å²) in [5.74, 6) is 0. The van der Waals surface area contributed by atoms with Crippen LogP contribution in [0.4, 0.5) is 11.4 Å². The fourth-order valence-electron chi connectivity index (χ4n) is 3.49. The van der Waals surface area contributed by atoms with Gasteiger partial charge in [0, 0.05) is 37.6 Å². The lowest BCUT2D eigenvalue weighted by Gasteiger charge is -2.21. The van der Waals surface area contributed by atoms with E-state index in [1.54, 1.807) is 64.1 Å².